The second-order valence-electron chi connectivity index (χ2n) is 6.55. The first-order chi connectivity index (χ1) is 12.1. The monoisotopic (exact) mass is 371 g/mol. The first-order valence-corrected chi connectivity index (χ1v) is 9.09. The van der Waals surface area contributed by atoms with Crippen LogP contribution in [0, 0.1) is 0 Å². The Kier molecular flexibility index (Phi) is 6.27. The van der Waals surface area contributed by atoms with Crippen LogP contribution in [0.15, 0.2) is 0 Å². The van der Waals surface area contributed by atoms with Crippen molar-refractivity contribution in [3.05, 3.63) is 5.28 Å². The molecule has 3 heterocycles. The summed E-state index contributed by atoms with van der Waals surface area (Å²) in [6.07, 6.45) is 0.841. The van der Waals surface area contributed by atoms with E-state index in [1.54, 1.807) is 7.11 Å². The molecule has 1 aromatic rings. The summed E-state index contributed by atoms with van der Waals surface area (Å²) in [5.74, 6) is 1.21. The van der Waals surface area contributed by atoms with Gasteiger partial charge in [-0.2, -0.15) is 15.0 Å². The molecule has 0 aliphatic carbocycles. The first-order valence-electron chi connectivity index (χ1n) is 8.71. The summed E-state index contributed by atoms with van der Waals surface area (Å²) in [5.41, 5.74) is 0. The molecule has 8 nitrogen and oxygen atoms in total. The van der Waals surface area contributed by atoms with E-state index in [9.17, 15) is 0 Å². The summed E-state index contributed by atoms with van der Waals surface area (Å²) in [4.78, 5) is 17.8. The van der Waals surface area contributed by atoms with Crippen LogP contribution in [0.25, 0.3) is 0 Å². The fraction of sp³-hybridized carbons (Fsp3) is 0.812. The van der Waals surface area contributed by atoms with Crippen LogP contribution in [0.2, 0.25) is 5.28 Å². The highest BCUT2D eigenvalue weighted by Gasteiger charge is 2.32. The Labute approximate surface area is 153 Å². The normalized spacial score (nSPS) is 27.6. The smallest absolute Gasteiger partial charge is 0.232 e. The number of ether oxygens (including phenoxy) is 3. The summed E-state index contributed by atoms with van der Waals surface area (Å²) < 4.78 is 16.4. The molecule has 2 aliphatic rings. The zero-order valence-electron chi connectivity index (χ0n) is 15.0. The van der Waals surface area contributed by atoms with E-state index in [0.29, 0.717) is 44.9 Å². The summed E-state index contributed by atoms with van der Waals surface area (Å²) in [6.45, 7) is 8.17. The van der Waals surface area contributed by atoms with Crippen molar-refractivity contribution in [2.24, 2.45) is 0 Å². The number of hydrogen-bond donors (Lipinski definition) is 0. The van der Waals surface area contributed by atoms with Gasteiger partial charge in [-0.15, -0.1) is 0 Å². The Hall–Kier alpha value is -1.22. The Bertz CT molecular complexity index is 579. The number of rotatable bonds is 5. The van der Waals surface area contributed by atoms with Gasteiger partial charge in [0, 0.05) is 20.3 Å². The molecule has 9 heteroatoms. The third-order valence-electron chi connectivity index (χ3n) is 4.63. The summed E-state index contributed by atoms with van der Waals surface area (Å²) >= 11 is 6.23. The zero-order chi connectivity index (χ0) is 17.8. The molecule has 0 unspecified atom stereocenters. The average molecular weight is 372 g/mol. The molecule has 140 valence electrons. The second-order valence-corrected chi connectivity index (χ2v) is 6.89. The van der Waals surface area contributed by atoms with Gasteiger partial charge in [-0.1, -0.05) is 0 Å². The first kappa shape index (κ1) is 18.6. The van der Waals surface area contributed by atoms with Crippen LogP contribution in [0.5, 0.6) is 0 Å². The number of halogens is 1. The van der Waals surface area contributed by atoms with E-state index in [0.717, 1.165) is 13.0 Å². The molecule has 25 heavy (non-hydrogen) atoms. The summed E-state index contributed by atoms with van der Waals surface area (Å²) in [5, 5.41) is 0.211. The standard InChI is InChI=1S/C16H26ClN5O3/c1-11-8-24-7-5-21(11)15-18-14(17)19-16(20-15)22-12(2)9-25-10-13(22)4-6-23-3/h11-13H,4-10H2,1-3H3/t11-,12+,13-/m1/s1. The van der Waals surface area contributed by atoms with E-state index in [-0.39, 0.29) is 23.4 Å². The molecule has 2 aliphatic heterocycles. The van der Waals surface area contributed by atoms with Crippen molar-refractivity contribution in [1.29, 1.82) is 0 Å². The number of hydrogen-bond acceptors (Lipinski definition) is 8. The fourth-order valence-electron chi connectivity index (χ4n) is 3.33. The van der Waals surface area contributed by atoms with Gasteiger partial charge in [0.25, 0.3) is 0 Å². The predicted octanol–water partition coefficient (Wildman–Crippen LogP) is 1.38. The van der Waals surface area contributed by atoms with Crippen molar-refractivity contribution < 1.29 is 14.2 Å². The number of aromatic nitrogens is 3. The highest BCUT2D eigenvalue weighted by molar-refractivity contribution is 6.28. The van der Waals surface area contributed by atoms with E-state index >= 15 is 0 Å². The van der Waals surface area contributed by atoms with E-state index < -0.39 is 0 Å². The van der Waals surface area contributed by atoms with Crippen LogP contribution in [0.1, 0.15) is 20.3 Å². The van der Waals surface area contributed by atoms with Gasteiger partial charge in [-0.05, 0) is 31.9 Å². The molecule has 0 N–H and O–H groups in total. The van der Waals surface area contributed by atoms with Crippen LogP contribution in [0.4, 0.5) is 11.9 Å². The van der Waals surface area contributed by atoms with Crippen LogP contribution in [-0.2, 0) is 14.2 Å². The van der Waals surface area contributed by atoms with Crippen LogP contribution in [-0.4, -0.2) is 79.8 Å². The van der Waals surface area contributed by atoms with Crippen LogP contribution in [0.3, 0.4) is 0 Å². The molecule has 2 fully saturated rings. The number of nitrogens with zero attached hydrogens (tertiary/aromatic N) is 5. The average Bonchev–Trinajstić information content (AvgIpc) is 2.59. The lowest BCUT2D eigenvalue weighted by Crippen LogP contribution is -2.52. The SMILES string of the molecule is COCC[C@@H]1COC[C@H](C)N1c1nc(Cl)nc(N2CCOC[C@H]2C)n1. The Morgan fingerprint density at radius 1 is 1.08 bits per heavy atom. The minimum Gasteiger partial charge on any atom is -0.385 e. The molecule has 1 aromatic heterocycles. The van der Waals surface area contributed by atoms with Gasteiger partial charge in [0.15, 0.2) is 0 Å². The zero-order valence-corrected chi connectivity index (χ0v) is 15.8. The number of anilines is 2. The minimum atomic E-state index is 0.150. The van der Waals surface area contributed by atoms with Crippen molar-refractivity contribution in [2.45, 2.75) is 38.4 Å². The molecular formula is C16H26ClN5O3. The lowest BCUT2D eigenvalue weighted by Gasteiger charge is -2.41. The van der Waals surface area contributed by atoms with E-state index in [1.807, 2.05) is 0 Å². The van der Waals surface area contributed by atoms with Crippen molar-refractivity contribution in [2.75, 3.05) is 56.5 Å². The van der Waals surface area contributed by atoms with Gasteiger partial charge in [-0.3, -0.25) is 0 Å². The van der Waals surface area contributed by atoms with Crippen molar-refractivity contribution in [3.63, 3.8) is 0 Å². The van der Waals surface area contributed by atoms with Gasteiger partial charge in [0.05, 0.1) is 44.6 Å². The molecule has 0 aromatic carbocycles. The third kappa shape index (κ3) is 4.31. The molecule has 0 amide bonds. The largest absolute Gasteiger partial charge is 0.385 e. The van der Waals surface area contributed by atoms with Gasteiger partial charge in [-0.25, -0.2) is 0 Å². The Morgan fingerprint density at radius 2 is 1.84 bits per heavy atom. The molecule has 3 atom stereocenters. The summed E-state index contributed by atoms with van der Waals surface area (Å²) in [6, 6.07) is 0.507. The molecule has 0 radical (unpaired) electrons. The number of methoxy groups -OCH3 is 1. The fourth-order valence-corrected chi connectivity index (χ4v) is 3.48. The lowest BCUT2D eigenvalue weighted by molar-refractivity contribution is 0.0583. The predicted molar refractivity (Wildman–Crippen MR) is 95.5 cm³/mol. The molecule has 0 spiro atoms. The van der Waals surface area contributed by atoms with E-state index in [1.165, 1.54) is 0 Å². The van der Waals surface area contributed by atoms with Gasteiger partial charge >= 0.3 is 0 Å². The second kappa shape index (κ2) is 8.44. The van der Waals surface area contributed by atoms with Gasteiger partial charge in [0.2, 0.25) is 17.2 Å². The maximum atomic E-state index is 6.23. The quantitative estimate of drug-likeness (QED) is 0.768. The lowest BCUT2D eigenvalue weighted by atomic mass is 10.1. The van der Waals surface area contributed by atoms with Crippen LogP contribution >= 0.6 is 11.6 Å². The summed E-state index contributed by atoms with van der Waals surface area (Å²) in [7, 11) is 1.70. The van der Waals surface area contributed by atoms with E-state index in [2.05, 4.69) is 33.6 Å². The highest BCUT2D eigenvalue weighted by atomic mass is 35.5. The molecule has 3 rings (SSSR count). The maximum Gasteiger partial charge on any atom is 0.232 e. The highest BCUT2D eigenvalue weighted by Crippen LogP contribution is 2.26. The minimum absolute atomic E-state index is 0.150. The van der Waals surface area contributed by atoms with Crippen LogP contribution < -0.4 is 9.80 Å². The van der Waals surface area contributed by atoms with Crippen molar-refractivity contribution in [1.82, 2.24) is 15.0 Å². The van der Waals surface area contributed by atoms with Crippen molar-refractivity contribution >= 4 is 23.5 Å². The molecule has 2 saturated heterocycles. The van der Waals surface area contributed by atoms with Gasteiger partial charge < -0.3 is 24.0 Å². The maximum absolute atomic E-state index is 6.23. The molecule has 0 saturated carbocycles. The Morgan fingerprint density at radius 3 is 2.60 bits per heavy atom. The van der Waals surface area contributed by atoms with Gasteiger partial charge in [0.1, 0.15) is 0 Å². The number of morpholine rings is 2. The third-order valence-corrected chi connectivity index (χ3v) is 4.80. The van der Waals surface area contributed by atoms with Crippen molar-refractivity contribution in [3.8, 4) is 0 Å². The molecule has 0 bridgehead atoms. The topological polar surface area (TPSA) is 72.8 Å². The Balaban J connectivity index is 1.89. The van der Waals surface area contributed by atoms with E-state index in [4.69, 9.17) is 30.8 Å². The molecular weight excluding hydrogens is 346 g/mol.